The van der Waals surface area contributed by atoms with Crippen molar-refractivity contribution in [2.45, 2.75) is 18.3 Å². The minimum atomic E-state index is -4.04. The van der Waals surface area contributed by atoms with Crippen molar-refractivity contribution >= 4 is 34.9 Å². The van der Waals surface area contributed by atoms with Gasteiger partial charge in [0.15, 0.2) is 0 Å². The molecule has 1 aliphatic rings. The van der Waals surface area contributed by atoms with Gasteiger partial charge in [0.05, 0.1) is 0 Å². The molecule has 0 atom stereocenters. The van der Waals surface area contributed by atoms with Gasteiger partial charge >= 0.3 is 11.2 Å². The minimum absolute atomic E-state index is 0.325. The fourth-order valence-corrected chi connectivity index (χ4v) is 2.87. The molecule has 8 heteroatoms. The molecule has 2 aromatic carbocycles. The molecule has 0 spiro atoms. The molecule has 0 bridgehead atoms. The van der Waals surface area contributed by atoms with E-state index in [0.29, 0.717) is 5.56 Å². The summed E-state index contributed by atoms with van der Waals surface area (Å²) >= 11 is -0.711. The molecule has 5 nitrogen and oxygen atoms in total. The van der Waals surface area contributed by atoms with Crippen LogP contribution in [0.5, 0.6) is 0 Å². The highest BCUT2D eigenvalue weighted by Gasteiger charge is 2.43. The Morgan fingerprint density at radius 1 is 1.33 bits per heavy atom. The highest BCUT2D eigenvalue weighted by molar-refractivity contribution is 7.96. The van der Waals surface area contributed by atoms with Crippen LogP contribution in [0.25, 0.3) is 16.8 Å². The third kappa shape index (κ3) is 3.41. The zero-order valence-corrected chi connectivity index (χ0v) is 13.0. The van der Waals surface area contributed by atoms with Gasteiger partial charge in [0, 0.05) is 0 Å². The number of alkyl halides is 2. The maximum atomic E-state index is 13.3. The van der Waals surface area contributed by atoms with E-state index < -0.39 is 23.3 Å². The number of carbonyl (C=O) groups is 1. The summed E-state index contributed by atoms with van der Waals surface area (Å²) in [5, 5.41) is 10.4. The predicted octanol–water partition coefficient (Wildman–Crippen LogP) is 2.92. The fraction of sp³-hybridized carbons (Fsp3) is 0.188. The molecule has 0 unspecified atom stereocenters. The number of halogens is 2. The van der Waals surface area contributed by atoms with Crippen molar-refractivity contribution in [3.63, 3.8) is 0 Å². The summed E-state index contributed by atoms with van der Waals surface area (Å²) in [6.45, 7) is -0.325. The Balaban J connectivity index is 1.77. The summed E-state index contributed by atoms with van der Waals surface area (Å²) in [7, 11) is 0. The number of hydrogen-bond acceptors (Lipinski definition) is 6. The van der Waals surface area contributed by atoms with Gasteiger partial charge in [-0.1, -0.05) is 30.4 Å². The Kier molecular flexibility index (Phi) is 4.81. The maximum absolute atomic E-state index is 13.3. The van der Waals surface area contributed by atoms with E-state index in [2.05, 4.69) is 14.1 Å². The third-order valence-corrected chi connectivity index (χ3v) is 4.06. The molecule has 2 aromatic rings. The zero-order valence-electron chi connectivity index (χ0n) is 12.2. The van der Waals surface area contributed by atoms with Crippen LogP contribution in [0, 0.1) is 0 Å². The Hall–Kier alpha value is -2.00. The van der Waals surface area contributed by atoms with Crippen LogP contribution in [0.3, 0.4) is 0 Å². The highest BCUT2D eigenvalue weighted by Crippen LogP contribution is 2.32. The molecule has 0 saturated heterocycles. The lowest BCUT2D eigenvalue weighted by atomic mass is 9.91. The van der Waals surface area contributed by atoms with Gasteiger partial charge in [-0.3, -0.25) is 5.04 Å². The first kappa shape index (κ1) is 16.8. The van der Waals surface area contributed by atoms with Crippen LogP contribution in [0.2, 0.25) is 0 Å². The van der Waals surface area contributed by atoms with Crippen LogP contribution in [0.1, 0.15) is 16.7 Å². The monoisotopic (exact) mass is 353 g/mol. The van der Waals surface area contributed by atoms with E-state index in [0.717, 1.165) is 22.8 Å². The SMILES string of the molecule is O=C(OCc1cc2c3c(cccc3c1)CC=C2)C(F)(F)SOO[O-]. The van der Waals surface area contributed by atoms with Crippen LogP contribution in [-0.2, 0) is 31.9 Å². The normalized spacial score (nSPS) is 13.3. The number of benzene rings is 2. The summed E-state index contributed by atoms with van der Waals surface area (Å²) in [6.07, 6.45) is 4.80. The van der Waals surface area contributed by atoms with Crippen molar-refractivity contribution in [1.29, 1.82) is 0 Å². The second kappa shape index (κ2) is 6.86. The third-order valence-electron chi connectivity index (χ3n) is 3.56. The van der Waals surface area contributed by atoms with E-state index in [4.69, 9.17) is 0 Å². The van der Waals surface area contributed by atoms with Crippen LogP contribution in [-0.4, -0.2) is 11.2 Å². The van der Waals surface area contributed by atoms with E-state index in [1.165, 1.54) is 5.56 Å². The van der Waals surface area contributed by atoms with Gasteiger partial charge in [0.2, 0.25) is 0 Å². The summed E-state index contributed by atoms with van der Waals surface area (Å²) in [6, 6.07) is 9.44. The van der Waals surface area contributed by atoms with E-state index in [-0.39, 0.29) is 6.61 Å². The van der Waals surface area contributed by atoms with Crippen molar-refractivity contribution in [2.75, 3.05) is 0 Å². The first-order valence-electron chi connectivity index (χ1n) is 6.92. The number of hydrogen-bond donors (Lipinski definition) is 0. The first-order valence-corrected chi connectivity index (χ1v) is 7.66. The van der Waals surface area contributed by atoms with Gasteiger partial charge in [0.25, 0.3) is 0 Å². The number of ether oxygens (including phenoxy) is 1. The van der Waals surface area contributed by atoms with Crippen molar-refractivity contribution in [3.05, 3.63) is 53.1 Å². The first-order chi connectivity index (χ1) is 11.5. The maximum Gasteiger partial charge on any atom is 0.415 e. The Labute approximate surface area is 139 Å². The average Bonchev–Trinajstić information content (AvgIpc) is 2.58. The van der Waals surface area contributed by atoms with Crippen LogP contribution < -0.4 is 5.26 Å². The van der Waals surface area contributed by atoms with Gasteiger partial charge in [-0.2, -0.15) is 13.1 Å². The van der Waals surface area contributed by atoms with E-state index in [9.17, 15) is 18.8 Å². The van der Waals surface area contributed by atoms with E-state index in [1.807, 2.05) is 30.4 Å². The molecule has 0 amide bonds. The van der Waals surface area contributed by atoms with Crippen molar-refractivity contribution in [1.82, 2.24) is 0 Å². The highest BCUT2D eigenvalue weighted by atomic mass is 32.2. The molecule has 0 fully saturated rings. The zero-order chi connectivity index (χ0) is 17.2. The summed E-state index contributed by atoms with van der Waals surface area (Å²) in [5.74, 6) is -1.82. The lowest BCUT2D eigenvalue weighted by Gasteiger charge is -2.16. The molecule has 0 radical (unpaired) electrons. The second-order valence-electron chi connectivity index (χ2n) is 5.12. The van der Waals surface area contributed by atoms with E-state index in [1.54, 1.807) is 12.1 Å². The quantitative estimate of drug-likeness (QED) is 0.344. The van der Waals surface area contributed by atoms with Crippen LogP contribution in [0.15, 0.2) is 36.4 Å². The Morgan fingerprint density at radius 2 is 2.17 bits per heavy atom. The largest absolute Gasteiger partial charge is 0.691 e. The smallest absolute Gasteiger partial charge is 0.415 e. The molecule has 24 heavy (non-hydrogen) atoms. The lowest BCUT2D eigenvalue weighted by Crippen LogP contribution is -2.27. The number of rotatable bonds is 6. The molecule has 126 valence electrons. The van der Waals surface area contributed by atoms with Crippen LogP contribution in [0.4, 0.5) is 8.78 Å². The predicted molar refractivity (Wildman–Crippen MR) is 81.2 cm³/mol. The topological polar surface area (TPSA) is 67.8 Å². The summed E-state index contributed by atoms with van der Waals surface area (Å²) in [5.41, 5.74) is 2.72. The molecule has 0 heterocycles. The Morgan fingerprint density at radius 3 is 2.96 bits per heavy atom. The summed E-state index contributed by atoms with van der Waals surface area (Å²) < 4.78 is 34.7. The van der Waals surface area contributed by atoms with Gasteiger partial charge in [0.1, 0.15) is 18.6 Å². The van der Waals surface area contributed by atoms with Gasteiger partial charge < -0.3 is 9.99 Å². The van der Waals surface area contributed by atoms with Crippen molar-refractivity contribution in [3.8, 4) is 0 Å². The van der Waals surface area contributed by atoms with Crippen molar-refractivity contribution in [2.24, 2.45) is 0 Å². The van der Waals surface area contributed by atoms with E-state index >= 15 is 0 Å². The lowest BCUT2D eigenvalue weighted by molar-refractivity contribution is -0.777. The molecular weight excluding hydrogens is 342 g/mol. The molecule has 3 rings (SSSR count). The molecule has 1 aliphatic carbocycles. The van der Waals surface area contributed by atoms with Gasteiger partial charge in [-0.05, 0) is 46.0 Å². The Bertz CT molecular complexity index is 806. The average molecular weight is 353 g/mol. The molecule has 0 aliphatic heterocycles. The van der Waals surface area contributed by atoms with Gasteiger partial charge in [-0.25, -0.2) is 4.79 Å². The van der Waals surface area contributed by atoms with Crippen LogP contribution >= 0.6 is 12.0 Å². The number of allylic oxidation sites excluding steroid dienone is 1. The molecule has 0 saturated carbocycles. The van der Waals surface area contributed by atoms with Gasteiger partial charge in [-0.15, -0.1) is 0 Å². The minimum Gasteiger partial charge on any atom is -0.691 e. The molecular formula is C16H11F2O5S-. The molecule has 0 aromatic heterocycles. The number of esters is 1. The standard InChI is InChI=1S/C16H12F2O5S/c17-16(18,24-23-22-20)15(19)21-9-10-7-12-5-1-3-11-4-2-6-13(8-10)14(11)12/h1-3,5-8,20H,4,9H2/p-1. The second-order valence-corrected chi connectivity index (χ2v) is 5.93. The number of carbonyl (C=O) groups excluding carboxylic acids is 1. The van der Waals surface area contributed by atoms with Crippen molar-refractivity contribution < 1.29 is 32.9 Å². The molecule has 0 N–H and O–H groups in total. The summed E-state index contributed by atoms with van der Waals surface area (Å²) in [4.78, 5) is 11.4. The fourth-order valence-electron chi connectivity index (χ4n) is 2.63.